The van der Waals surface area contributed by atoms with Gasteiger partial charge in [0.2, 0.25) is 10.0 Å². The molecule has 112 valence electrons. The van der Waals surface area contributed by atoms with E-state index in [-0.39, 0.29) is 22.3 Å². The van der Waals surface area contributed by atoms with Crippen LogP contribution < -0.4 is 10.0 Å². The van der Waals surface area contributed by atoms with Gasteiger partial charge in [-0.1, -0.05) is 0 Å². The summed E-state index contributed by atoms with van der Waals surface area (Å²) >= 11 is 1.51. The first kappa shape index (κ1) is 16.7. The second-order valence-corrected chi connectivity index (χ2v) is 6.79. The second-order valence-electron chi connectivity index (χ2n) is 4.16. The van der Waals surface area contributed by atoms with Crippen molar-refractivity contribution in [2.24, 2.45) is 0 Å². The van der Waals surface area contributed by atoms with E-state index in [2.05, 4.69) is 10.0 Å². The van der Waals surface area contributed by atoms with E-state index in [1.54, 1.807) is 6.92 Å². The summed E-state index contributed by atoms with van der Waals surface area (Å²) in [5, 5.41) is 13.6. The lowest BCUT2D eigenvalue weighted by Gasteiger charge is -2.13. The third-order valence-electron chi connectivity index (χ3n) is 2.52. The molecule has 0 heterocycles. The SMILES string of the molecule is CNc1ccc(S(=O)(=O)NC(C)CSC)cc1[N+](=O)[O-]. The lowest BCUT2D eigenvalue weighted by atomic mass is 10.3. The van der Waals surface area contributed by atoms with Crippen molar-refractivity contribution in [3.05, 3.63) is 28.3 Å². The number of nitrogens with zero attached hydrogens (tertiary/aromatic N) is 1. The number of anilines is 1. The van der Waals surface area contributed by atoms with Crippen LogP contribution in [0.3, 0.4) is 0 Å². The summed E-state index contributed by atoms with van der Waals surface area (Å²) in [4.78, 5) is 10.2. The van der Waals surface area contributed by atoms with Gasteiger partial charge in [-0.2, -0.15) is 11.8 Å². The van der Waals surface area contributed by atoms with Crippen molar-refractivity contribution in [2.75, 3.05) is 24.4 Å². The summed E-state index contributed by atoms with van der Waals surface area (Å²) in [5.74, 6) is 0.621. The summed E-state index contributed by atoms with van der Waals surface area (Å²) in [5.41, 5.74) is -0.000920. The van der Waals surface area contributed by atoms with Gasteiger partial charge >= 0.3 is 0 Å². The molecule has 0 aromatic heterocycles. The predicted molar refractivity (Wildman–Crippen MR) is 80.8 cm³/mol. The molecule has 20 heavy (non-hydrogen) atoms. The molecule has 0 aliphatic rings. The third kappa shape index (κ3) is 4.09. The maximum Gasteiger partial charge on any atom is 0.293 e. The van der Waals surface area contributed by atoms with Crippen LogP contribution in [0.4, 0.5) is 11.4 Å². The van der Waals surface area contributed by atoms with Gasteiger partial charge in [0.1, 0.15) is 5.69 Å². The molecular formula is C11H17N3O4S2. The van der Waals surface area contributed by atoms with Crippen LogP contribution in [-0.2, 0) is 10.0 Å². The Hall–Kier alpha value is -1.32. The fraction of sp³-hybridized carbons (Fsp3) is 0.455. The lowest BCUT2D eigenvalue weighted by molar-refractivity contribution is -0.384. The molecule has 0 radical (unpaired) electrons. The zero-order valence-corrected chi connectivity index (χ0v) is 13.0. The average Bonchev–Trinajstić information content (AvgIpc) is 2.37. The van der Waals surface area contributed by atoms with Crippen LogP contribution >= 0.6 is 11.8 Å². The molecule has 7 nitrogen and oxygen atoms in total. The van der Waals surface area contributed by atoms with E-state index in [4.69, 9.17) is 0 Å². The molecule has 9 heteroatoms. The monoisotopic (exact) mass is 319 g/mol. The van der Waals surface area contributed by atoms with Gasteiger partial charge < -0.3 is 5.32 Å². The third-order valence-corrected chi connectivity index (χ3v) is 4.94. The maximum absolute atomic E-state index is 12.1. The van der Waals surface area contributed by atoms with E-state index in [0.717, 1.165) is 6.07 Å². The van der Waals surface area contributed by atoms with Gasteiger partial charge in [0, 0.05) is 24.9 Å². The molecule has 0 saturated heterocycles. The topological polar surface area (TPSA) is 101 Å². The highest BCUT2D eigenvalue weighted by atomic mass is 32.2. The molecule has 1 unspecified atom stereocenters. The first-order chi connectivity index (χ1) is 9.31. The van der Waals surface area contributed by atoms with Crippen LogP contribution in [0.25, 0.3) is 0 Å². The van der Waals surface area contributed by atoms with Gasteiger partial charge in [-0.15, -0.1) is 0 Å². The lowest BCUT2D eigenvalue weighted by Crippen LogP contribution is -2.34. The number of hydrogen-bond donors (Lipinski definition) is 2. The van der Waals surface area contributed by atoms with Crippen molar-refractivity contribution in [1.29, 1.82) is 0 Å². The molecule has 1 atom stereocenters. The zero-order chi connectivity index (χ0) is 15.3. The zero-order valence-electron chi connectivity index (χ0n) is 11.4. The van der Waals surface area contributed by atoms with Crippen molar-refractivity contribution in [2.45, 2.75) is 17.9 Å². The van der Waals surface area contributed by atoms with E-state index in [1.807, 2.05) is 6.26 Å². The van der Waals surface area contributed by atoms with Crippen LogP contribution in [0.5, 0.6) is 0 Å². The number of nitro groups is 1. The molecular weight excluding hydrogens is 302 g/mol. The minimum atomic E-state index is -3.76. The van der Waals surface area contributed by atoms with Gasteiger partial charge in [-0.25, -0.2) is 13.1 Å². The minimum Gasteiger partial charge on any atom is -0.383 e. The fourth-order valence-corrected chi connectivity index (χ4v) is 3.61. The number of rotatable bonds is 7. The Bertz CT molecular complexity index is 589. The van der Waals surface area contributed by atoms with Gasteiger partial charge in [0.15, 0.2) is 0 Å². The molecule has 0 amide bonds. The van der Waals surface area contributed by atoms with Crippen LogP contribution in [-0.4, -0.2) is 38.4 Å². The smallest absolute Gasteiger partial charge is 0.293 e. The highest BCUT2D eigenvalue weighted by Gasteiger charge is 2.22. The summed E-state index contributed by atoms with van der Waals surface area (Å²) in [6.45, 7) is 1.74. The Kier molecular flexibility index (Phi) is 5.78. The number of sulfonamides is 1. The summed E-state index contributed by atoms with van der Waals surface area (Å²) < 4.78 is 26.7. The summed E-state index contributed by atoms with van der Waals surface area (Å²) in [6, 6.07) is 3.52. The Morgan fingerprint density at radius 2 is 2.10 bits per heavy atom. The van der Waals surface area contributed by atoms with Gasteiger partial charge in [0.05, 0.1) is 9.82 Å². The van der Waals surface area contributed by atoms with Gasteiger partial charge in [0.25, 0.3) is 5.69 Å². The van der Waals surface area contributed by atoms with E-state index in [1.165, 1.54) is 30.9 Å². The average molecular weight is 319 g/mol. The standard InChI is InChI=1S/C11H17N3O4S2/c1-8(7-19-3)13-20(17,18)9-4-5-10(12-2)11(6-9)14(15)16/h4-6,8,12-13H,7H2,1-3H3. The number of benzene rings is 1. The van der Waals surface area contributed by atoms with Crippen molar-refractivity contribution in [3.8, 4) is 0 Å². The largest absolute Gasteiger partial charge is 0.383 e. The molecule has 2 N–H and O–H groups in total. The van der Waals surface area contributed by atoms with Crippen molar-refractivity contribution < 1.29 is 13.3 Å². The van der Waals surface area contributed by atoms with E-state index < -0.39 is 14.9 Å². The van der Waals surface area contributed by atoms with E-state index in [9.17, 15) is 18.5 Å². The Labute approximate surface area is 122 Å². The Morgan fingerprint density at radius 3 is 2.60 bits per heavy atom. The maximum atomic E-state index is 12.1. The van der Waals surface area contributed by atoms with Crippen LogP contribution in [0.15, 0.2) is 23.1 Å². The fourth-order valence-electron chi connectivity index (χ4n) is 1.66. The number of thioether (sulfide) groups is 1. The Balaban J connectivity index is 3.13. The molecule has 0 saturated carbocycles. The van der Waals surface area contributed by atoms with Gasteiger partial charge in [-0.3, -0.25) is 10.1 Å². The quantitative estimate of drug-likeness (QED) is 0.585. The first-order valence-electron chi connectivity index (χ1n) is 5.79. The number of nitrogens with one attached hydrogen (secondary N) is 2. The second kappa shape index (κ2) is 6.91. The van der Waals surface area contributed by atoms with Gasteiger partial charge in [-0.05, 0) is 25.3 Å². The molecule has 0 aliphatic heterocycles. The number of nitro benzene ring substituents is 1. The summed E-state index contributed by atoms with van der Waals surface area (Å²) in [6.07, 6.45) is 1.87. The highest BCUT2D eigenvalue weighted by Crippen LogP contribution is 2.27. The number of hydrogen-bond acceptors (Lipinski definition) is 6. The predicted octanol–water partition coefficient (Wildman–Crippen LogP) is 1.67. The molecule has 1 rings (SSSR count). The van der Waals surface area contributed by atoms with Crippen LogP contribution in [0.1, 0.15) is 6.92 Å². The minimum absolute atomic E-state index is 0.115. The molecule has 0 aliphatic carbocycles. The van der Waals surface area contributed by atoms with E-state index >= 15 is 0 Å². The van der Waals surface area contributed by atoms with Crippen molar-refractivity contribution >= 4 is 33.2 Å². The Morgan fingerprint density at radius 1 is 1.45 bits per heavy atom. The molecule has 0 fully saturated rings. The molecule has 0 bridgehead atoms. The van der Waals surface area contributed by atoms with Crippen LogP contribution in [0, 0.1) is 10.1 Å². The molecule has 1 aromatic carbocycles. The molecule has 0 spiro atoms. The van der Waals surface area contributed by atoms with Crippen molar-refractivity contribution in [3.63, 3.8) is 0 Å². The molecule has 1 aromatic rings. The highest BCUT2D eigenvalue weighted by molar-refractivity contribution is 7.98. The summed E-state index contributed by atoms with van der Waals surface area (Å²) in [7, 11) is -2.22. The van der Waals surface area contributed by atoms with Crippen LogP contribution in [0.2, 0.25) is 0 Å². The normalized spacial score (nSPS) is 12.9. The van der Waals surface area contributed by atoms with Crippen molar-refractivity contribution in [1.82, 2.24) is 4.72 Å². The van der Waals surface area contributed by atoms with E-state index in [0.29, 0.717) is 5.75 Å². The first-order valence-corrected chi connectivity index (χ1v) is 8.67.